The van der Waals surface area contributed by atoms with E-state index in [4.69, 9.17) is 14.2 Å². The minimum Gasteiger partial charge on any atom is -0.493 e. The van der Waals surface area contributed by atoms with Gasteiger partial charge in [-0.25, -0.2) is 0 Å². The van der Waals surface area contributed by atoms with Crippen molar-refractivity contribution in [2.75, 3.05) is 26.6 Å². The van der Waals surface area contributed by atoms with Crippen LogP contribution in [0.3, 0.4) is 0 Å². The molecule has 152 valence electrons. The van der Waals surface area contributed by atoms with Gasteiger partial charge in [-0.3, -0.25) is 0 Å². The molecule has 0 aliphatic rings. The fourth-order valence-electron chi connectivity index (χ4n) is 3.09. The van der Waals surface area contributed by atoms with E-state index in [1.807, 2.05) is 42.5 Å². The van der Waals surface area contributed by atoms with Crippen molar-refractivity contribution in [2.45, 2.75) is 0 Å². The molecule has 0 saturated heterocycles. The van der Waals surface area contributed by atoms with E-state index in [0.29, 0.717) is 23.2 Å². The summed E-state index contributed by atoms with van der Waals surface area (Å²) < 4.78 is 16.1. The number of rotatable bonds is 7. The van der Waals surface area contributed by atoms with Crippen molar-refractivity contribution in [3.05, 3.63) is 60.2 Å². The van der Waals surface area contributed by atoms with Crippen LogP contribution in [0.5, 0.6) is 17.2 Å². The number of tetrazole rings is 1. The third-order valence-electron chi connectivity index (χ3n) is 4.49. The smallest absolute Gasteiger partial charge is 0.269 e. The lowest BCUT2D eigenvalue weighted by molar-refractivity contribution is 0.324. The van der Waals surface area contributed by atoms with Gasteiger partial charge in [0.1, 0.15) is 0 Å². The largest absolute Gasteiger partial charge is 0.493 e. The number of methoxy groups -OCH3 is 3. The van der Waals surface area contributed by atoms with E-state index < -0.39 is 0 Å². The molecule has 0 unspecified atom stereocenters. The molecule has 30 heavy (non-hydrogen) atoms. The van der Waals surface area contributed by atoms with Crippen LogP contribution in [0.4, 0.5) is 11.6 Å². The fourth-order valence-corrected chi connectivity index (χ4v) is 3.09. The first-order valence-electron chi connectivity index (χ1n) is 9.11. The third-order valence-corrected chi connectivity index (χ3v) is 4.49. The summed E-state index contributed by atoms with van der Waals surface area (Å²) in [7, 11) is 4.68. The minimum atomic E-state index is 0.384. The van der Waals surface area contributed by atoms with Crippen molar-refractivity contribution < 1.29 is 14.2 Å². The summed E-state index contributed by atoms with van der Waals surface area (Å²) in [6.07, 6.45) is 1.61. The predicted molar refractivity (Wildman–Crippen MR) is 114 cm³/mol. The topological polar surface area (TPSA) is 95.7 Å². The Balaban J connectivity index is 1.63. The average molecular weight is 404 g/mol. The van der Waals surface area contributed by atoms with Crippen LogP contribution < -0.4 is 19.5 Å². The van der Waals surface area contributed by atoms with Crippen LogP contribution in [0.2, 0.25) is 0 Å². The van der Waals surface area contributed by atoms with Crippen molar-refractivity contribution in [2.24, 2.45) is 5.10 Å². The maximum absolute atomic E-state index is 5.37. The van der Waals surface area contributed by atoms with Crippen LogP contribution in [0, 0.1) is 0 Å². The van der Waals surface area contributed by atoms with Gasteiger partial charge in [-0.2, -0.15) is 5.10 Å². The van der Waals surface area contributed by atoms with E-state index in [2.05, 4.69) is 25.9 Å². The number of benzene rings is 3. The van der Waals surface area contributed by atoms with Crippen LogP contribution in [0.15, 0.2) is 59.7 Å². The van der Waals surface area contributed by atoms with Gasteiger partial charge in [-0.1, -0.05) is 46.3 Å². The zero-order valence-electron chi connectivity index (χ0n) is 16.7. The monoisotopic (exact) mass is 404 g/mol. The number of hydrogen-bond donors (Lipinski definition) is 1. The molecule has 3 aromatic carbocycles. The van der Waals surface area contributed by atoms with Crippen LogP contribution in [-0.4, -0.2) is 47.9 Å². The highest BCUT2D eigenvalue weighted by atomic mass is 16.5. The number of fused-ring (bicyclic) bond motifs is 1. The molecule has 1 heterocycles. The summed E-state index contributed by atoms with van der Waals surface area (Å²) in [5, 5.41) is 21.5. The van der Waals surface area contributed by atoms with Crippen molar-refractivity contribution in [3.63, 3.8) is 0 Å². The van der Waals surface area contributed by atoms with Gasteiger partial charge in [0.15, 0.2) is 11.5 Å². The molecule has 0 radical (unpaired) electrons. The zero-order valence-corrected chi connectivity index (χ0v) is 16.7. The molecule has 9 nitrogen and oxygen atoms in total. The van der Waals surface area contributed by atoms with Crippen molar-refractivity contribution >= 4 is 28.6 Å². The Hall–Kier alpha value is -4.14. The number of ether oxygens (including phenoxy) is 3. The lowest BCUT2D eigenvalue weighted by Crippen LogP contribution is -2.02. The summed E-state index contributed by atoms with van der Waals surface area (Å²) >= 11 is 0. The number of nitrogens with zero attached hydrogens (tertiary/aromatic N) is 5. The van der Waals surface area contributed by atoms with Gasteiger partial charge >= 0.3 is 0 Å². The number of hydrogen-bond acceptors (Lipinski definition) is 8. The number of nitrogens with one attached hydrogen (secondary N) is 1. The first kappa shape index (κ1) is 19.2. The Labute approximate surface area is 172 Å². The molecule has 1 aromatic heterocycles. The van der Waals surface area contributed by atoms with Gasteiger partial charge in [0.05, 0.1) is 27.5 Å². The molecule has 0 saturated carbocycles. The third kappa shape index (κ3) is 3.72. The van der Waals surface area contributed by atoms with Crippen molar-refractivity contribution in [1.29, 1.82) is 0 Å². The Morgan fingerprint density at radius 2 is 1.67 bits per heavy atom. The fraction of sp³-hybridized carbons (Fsp3) is 0.143. The molecule has 0 bridgehead atoms. The van der Waals surface area contributed by atoms with E-state index in [1.165, 1.54) is 4.79 Å². The summed E-state index contributed by atoms with van der Waals surface area (Å²) in [5.41, 5.74) is 1.61. The van der Waals surface area contributed by atoms with Crippen LogP contribution in [0.25, 0.3) is 10.8 Å². The molecule has 0 atom stereocenters. The predicted octanol–water partition coefficient (Wildman–Crippen LogP) is 3.48. The van der Waals surface area contributed by atoms with E-state index in [0.717, 1.165) is 22.0 Å². The van der Waals surface area contributed by atoms with Crippen LogP contribution in [-0.2, 0) is 0 Å². The Morgan fingerprint density at radius 1 is 0.933 bits per heavy atom. The van der Waals surface area contributed by atoms with Crippen LogP contribution in [0.1, 0.15) is 5.56 Å². The molecule has 4 aromatic rings. The molecule has 9 heteroatoms. The highest BCUT2D eigenvalue weighted by Crippen LogP contribution is 2.37. The number of aromatic nitrogens is 4. The van der Waals surface area contributed by atoms with Crippen LogP contribution >= 0.6 is 0 Å². The molecule has 0 spiro atoms. The molecule has 0 aliphatic carbocycles. The van der Waals surface area contributed by atoms with E-state index in [9.17, 15) is 0 Å². The van der Waals surface area contributed by atoms with Gasteiger partial charge in [-0.05, 0) is 34.0 Å². The summed E-state index contributed by atoms with van der Waals surface area (Å²) in [6.45, 7) is 0. The lowest BCUT2D eigenvalue weighted by atomic mass is 10.1. The molecule has 0 aliphatic heterocycles. The molecule has 4 rings (SSSR count). The normalized spacial score (nSPS) is 11.0. The van der Waals surface area contributed by atoms with Gasteiger partial charge < -0.3 is 19.5 Å². The number of anilines is 2. The summed E-state index contributed by atoms with van der Waals surface area (Å²) in [4.78, 5) is 1.31. The Kier molecular flexibility index (Phi) is 5.42. The second kappa shape index (κ2) is 8.48. The van der Waals surface area contributed by atoms with Gasteiger partial charge in [0.25, 0.3) is 5.95 Å². The van der Waals surface area contributed by atoms with E-state index in [-0.39, 0.29) is 0 Å². The molecular weight excluding hydrogens is 384 g/mol. The maximum Gasteiger partial charge on any atom is 0.269 e. The molecular formula is C21H20N6O3. The Morgan fingerprint density at radius 3 is 2.40 bits per heavy atom. The maximum atomic E-state index is 5.37. The minimum absolute atomic E-state index is 0.384. The van der Waals surface area contributed by atoms with Gasteiger partial charge in [-0.15, -0.1) is 0 Å². The van der Waals surface area contributed by atoms with Gasteiger partial charge in [0.2, 0.25) is 5.75 Å². The quantitative estimate of drug-likeness (QED) is 0.471. The first-order valence-corrected chi connectivity index (χ1v) is 9.11. The standard InChI is InChI=1S/C21H20N6O3/c1-28-18-11-14(12-19(29-2)20(18)30-3)13-22-27-21(24-25-26-27)23-17-10-6-8-15-7-4-5-9-16(15)17/h4-13H,1-3H3,(H,23,24,26)/b22-13+. The molecule has 1 N–H and O–H groups in total. The second-order valence-corrected chi connectivity index (χ2v) is 6.25. The zero-order chi connectivity index (χ0) is 20.9. The van der Waals surface area contributed by atoms with Gasteiger partial charge in [0, 0.05) is 16.6 Å². The highest BCUT2D eigenvalue weighted by Gasteiger charge is 2.13. The molecule has 0 fully saturated rings. The highest BCUT2D eigenvalue weighted by molar-refractivity contribution is 5.94. The van der Waals surface area contributed by atoms with Crippen molar-refractivity contribution in [1.82, 2.24) is 20.3 Å². The second-order valence-electron chi connectivity index (χ2n) is 6.25. The summed E-state index contributed by atoms with van der Waals surface area (Å²) in [5.74, 6) is 1.96. The summed E-state index contributed by atoms with van der Waals surface area (Å²) in [6, 6.07) is 17.6. The Bertz CT molecular complexity index is 1170. The average Bonchev–Trinajstić information content (AvgIpc) is 3.24. The molecule has 0 amide bonds. The SMILES string of the molecule is COc1cc(/C=N/n2nnnc2Nc2cccc3ccccc23)cc(OC)c1OC. The van der Waals surface area contributed by atoms with E-state index >= 15 is 0 Å². The van der Waals surface area contributed by atoms with Crippen molar-refractivity contribution in [3.8, 4) is 17.2 Å². The first-order chi connectivity index (χ1) is 14.7. The lowest BCUT2D eigenvalue weighted by Gasteiger charge is -2.12. The van der Waals surface area contributed by atoms with E-state index in [1.54, 1.807) is 39.7 Å².